The molecule has 0 aromatic carbocycles. The lowest BCUT2D eigenvalue weighted by Crippen LogP contribution is -2.47. The van der Waals surface area contributed by atoms with E-state index in [-0.39, 0.29) is 0 Å². The van der Waals surface area contributed by atoms with Crippen LogP contribution < -0.4 is 0 Å². The van der Waals surface area contributed by atoms with Gasteiger partial charge in [-0.1, -0.05) is 0 Å². The summed E-state index contributed by atoms with van der Waals surface area (Å²) in [5.74, 6) is 1.75. The summed E-state index contributed by atoms with van der Waals surface area (Å²) >= 11 is 1.78. The van der Waals surface area contributed by atoms with Crippen molar-refractivity contribution < 1.29 is 9.18 Å². The first kappa shape index (κ1) is 10.7. The van der Waals surface area contributed by atoms with Crippen molar-refractivity contribution in [3.05, 3.63) is 0 Å². The molecule has 1 rings (SSSR count). The lowest BCUT2D eigenvalue weighted by Gasteiger charge is -2.39. The quantitative estimate of drug-likeness (QED) is 0.509. The minimum Gasteiger partial charge on any atom is -0.242 e. The Morgan fingerprint density at radius 1 is 1.46 bits per heavy atom. The molecule has 0 N–H and O–H groups in total. The minimum atomic E-state index is -1.43. The van der Waals surface area contributed by atoms with Gasteiger partial charge in [0.1, 0.15) is 11.2 Å². The fourth-order valence-electron chi connectivity index (χ4n) is 1.64. The second kappa shape index (κ2) is 3.81. The molecule has 1 aliphatic rings. The summed E-state index contributed by atoms with van der Waals surface area (Å²) in [7, 11) is 0. The van der Waals surface area contributed by atoms with Crippen molar-refractivity contribution in [3.63, 3.8) is 0 Å². The number of carbonyl (C=O) groups excluding carboxylic acids is 1. The molecule has 0 spiro atoms. The van der Waals surface area contributed by atoms with Gasteiger partial charge in [-0.15, -0.1) is 0 Å². The molecule has 1 saturated heterocycles. The molecule has 0 unspecified atom stereocenters. The van der Waals surface area contributed by atoms with E-state index in [9.17, 15) is 9.18 Å². The van der Waals surface area contributed by atoms with Crippen LogP contribution in [-0.4, -0.2) is 28.8 Å². The first-order valence-corrected chi connectivity index (χ1v) is 5.53. The Kier molecular flexibility index (Phi) is 3.14. The Bertz CT molecular complexity index is 224. The normalized spacial score (nSPS) is 22.1. The van der Waals surface area contributed by atoms with Crippen molar-refractivity contribution in [2.45, 2.75) is 37.9 Å². The van der Waals surface area contributed by atoms with Crippen LogP contribution in [0.4, 0.5) is 4.39 Å². The largest absolute Gasteiger partial charge is 0.242 e. The van der Waals surface area contributed by atoms with Crippen molar-refractivity contribution in [2.75, 3.05) is 11.5 Å². The molecule has 0 amide bonds. The zero-order valence-electron chi connectivity index (χ0n) is 7.97. The summed E-state index contributed by atoms with van der Waals surface area (Å²) < 4.78 is 13.8. The lowest BCUT2D eigenvalue weighted by molar-refractivity contribution is 0.0879. The molecule has 1 fully saturated rings. The number of rotatable bonds is 2. The Labute approximate surface area is 82.0 Å². The molecule has 74 valence electrons. The average molecular weight is 203 g/mol. The van der Waals surface area contributed by atoms with Crippen LogP contribution in [0, 0.1) is 0 Å². The first-order chi connectivity index (χ1) is 6.02. The third kappa shape index (κ3) is 2.12. The van der Waals surface area contributed by atoms with Gasteiger partial charge in [-0.2, -0.15) is 16.8 Å². The summed E-state index contributed by atoms with van der Waals surface area (Å²) in [5.41, 5.74) is -2.24. The third-order valence-electron chi connectivity index (χ3n) is 2.69. The molecule has 0 bridgehead atoms. The number of hydrogen-bond donors (Lipinski definition) is 0. The molecule has 0 radical (unpaired) electrons. The lowest BCUT2D eigenvalue weighted by atomic mass is 9.79. The van der Waals surface area contributed by atoms with Crippen LogP contribution in [0.1, 0.15) is 26.7 Å². The summed E-state index contributed by atoms with van der Waals surface area (Å²) in [6.07, 6.45) is 2.78. The van der Waals surface area contributed by atoms with Crippen molar-refractivity contribution in [3.8, 4) is 0 Å². The number of nitrogens with zero attached hydrogens (tertiary/aromatic N) is 1. The van der Waals surface area contributed by atoms with Gasteiger partial charge in [-0.25, -0.2) is 9.18 Å². The van der Waals surface area contributed by atoms with Gasteiger partial charge in [0.2, 0.25) is 6.08 Å². The van der Waals surface area contributed by atoms with Crippen LogP contribution in [0.2, 0.25) is 0 Å². The van der Waals surface area contributed by atoms with E-state index in [0.29, 0.717) is 12.8 Å². The van der Waals surface area contributed by atoms with E-state index in [1.807, 2.05) is 0 Å². The number of alkyl halides is 1. The monoisotopic (exact) mass is 203 g/mol. The van der Waals surface area contributed by atoms with Gasteiger partial charge in [-0.05, 0) is 38.2 Å². The Morgan fingerprint density at radius 2 is 2.00 bits per heavy atom. The maximum Gasteiger partial charge on any atom is 0.235 e. The average Bonchev–Trinajstić information content (AvgIpc) is 2.04. The number of isocyanates is 1. The molecule has 2 nitrogen and oxygen atoms in total. The molecular weight excluding hydrogens is 189 g/mol. The molecule has 0 atom stereocenters. The Balaban J connectivity index is 2.92. The van der Waals surface area contributed by atoms with E-state index in [2.05, 4.69) is 4.99 Å². The standard InChI is InChI=1S/C9H14FNOS/c1-8(2,10)9(11-7-12)3-5-13-6-4-9/h3-6H2,1-2H3. The summed E-state index contributed by atoms with van der Waals surface area (Å²) in [6, 6.07) is 0. The molecule has 0 saturated carbocycles. The van der Waals surface area contributed by atoms with Crippen LogP contribution >= 0.6 is 11.8 Å². The predicted octanol–water partition coefficient (Wildman–Crippen LogP) is 2.34. The molecule has 13 heavy (non-hydrogen) atoms. The fraction of sp³-hybridized carbons (Fsp3) is 0.889. The first-order valence-electron chi connectivity index (χ1n) is 4.37. The van der Waals surface area contributed by atoms with Crippen LogP contribution in [-0.2, 0) is 4.79 Å². The predicted molar refractivity (Wildman–Crippen MR) is 52.6 cm³/mol. The van der Waals surface area contributed by atoms with Gasteiger partial charge in [-0.3, -0.25) is 0 Å². The number of aliphatic imine (C=N–C) groups is 1. The number of halogens is 1. The van der Waals surface area contributed by atoms with E-state index in [4.69, 9.17) is 0 Å². The minimum absolute atomic E-state index is 0.635. The van der Waals surface area contributed by atoms with Crippen molar-refractivity contribution in [1.82, 2.24) is 0 Å². The van der Waals surface area contributed by atoms with Crippen LogP contribution in [0.25, 0.3) is 0 Å². The van der Waals surface area contributed by atoms with Gasteiger partial charge in [0.25, 0.3) is 0 Å². The maximum absolute atomic E-state index is 13.8. The van der Waals surface area contributed by atoms with Gasteiger partial charge in [0, 0.05) is 0 Å². The van der Waals surface area contributed by atoms with E-state index in [1.54, 1.807) is 11.8 Å². The highest BCUT2D eigenvalue weighted by Gasteiger charge is 2.46. The summed E-state index contributed by atoms with van der Waals surface area (Å²) in [6.45, 7) is 2.98. The SMILES string of the molecule is CC(C)(F)C1(N=C=O)CCSCC1. The molecular formula is C9H14FNOS. The Hall–Kier alpha value is -0.340. The van der Waals surface area contributed by atoms with Crippen molar-refractivity contribution in [1.29, 1.82) is 0 Å². The maximum atomic E-state index is 13.8. The number of hydrogen-bond acceptors (Lipinski definition) is 3. The van der Waals surface area contributed by atoms with Gasteiger partial charge < -0.3 is 0 Å². The van der Waals surface area contributed by atoms with Gasteiger partial charge in [0.05, 0.1) is 0 Å². The summed E-state index contributed by atoms with van der Waals surface area (Å²) in [5, 5.41) is 0. The molecule has 0 aromatic heterocycles. The van der Waals surface area contributed by atoms with Crippen molar-refractivity contribution >= 4 is 17.8 Å². The van der Waals surface area contributed by atoms with E-state index in [1.165, 1.54) is 19.9 Å². The second-order valence-electron chi connectivity index (χ2n) is 3.82. The highest BCUT2D eigenvalue weighted by Crippen LogP contribution is 2.40. The molecule has 1 heterocycles. The molecule has 0 aromatic rings. The van der Waals surface area contributed by atoms with Gasteiger partial charge in [0.15, 0.2) is 0 Å². The molecule has 1 aliphatic heterocycles. The van der Waals surface area contributed by atoms with Gasteiger partial charge >= 0.3 is 0 Å². The number of thioether (sulfide) groups is 1. The smallest absolute Gasteiger partial charge is 0.235 e. The second-order valence-corrected chi connectivity index (χ2v) is 5.04. The third-order valence-corrected chi connectivity index (χ3v) is 3.67. The molecule has 0 aliphatic carbocycles. The van der Waals surface area contributed by atoms with E-state index >= 15 is 0 Å². The van der Waals surface area contributed by atoms with E-state index in [0.717, 1.165) is 11.5 Å². The van der Waals surface area contributed by atoms with Crippen LogP contribution in [0.3, 0.4) is 0 Å². The Morgan fingerprint density at radius 3 is 2.38 bits per heavy atom. The summed E-state index contributed by atoms with van der Waals surface area (Å²) in [4.78, 5) is 14.0. The van der Waals surface area contributed by atoms with Crippen LogP contribution in [0.15, 0.2) is 4.99 Å². The molecule has 4 heteroatoms. The topological polar surface area (TPSA) is 29.4 Å². The van der Waals surface area contributed by atoms with Crippen molar-refractivity contribution in [2.24, 2.45) is 4.99 Å². The zero-order chi connectivity index (χ0) is 9.95. The highest BCUT2D eigenvalue weighted by molar-refractivity contribution is 7.99. The fourth-order valence-corrected chi connectivity index (χ4v) is 2.80. The zero-order valence-corrected chi connectivity index (χ0v) is 8.79. The van der Waals surface area contributed by atoms with Crippen LogP contribution in [0.5, 0.6) is 0 Å². The highest BCUT2D eigenvalue weighted by atomic mass is 32.2. The van der Waals surface area contributed by atoms with E-state index < -0.39 is 11.2 Å².